The van der Waals surface area contributed by atoms with E-state index in [1.165, 1.54) is 24.3 Å². The quantitative estimate of drug-likeness (QED) is 0.369. The Kier molecular flexibility index (Phi) is 7.90. The van der Waals surface area contributed by atoms with Crippen LogP contribution in [0.4, 0.5) is 5.69 Å². The summed E-state index contributed by atoms with van der Waals surface area (Å²) in [7, 11) is 0. The number of halogens is 2. The molecule has 0 aliphatic carbocycles. The third-order valence-corrected chi connectivity index (χ3v) is 5.41. The minimum Gasteiger partial charge on any atom is -0.461 e. The van der Waals surface area contributed by atoms with Crippen LogP contribution in [0.5, 0.6) is 0 Å². The van der Waals surface area contributed by atoms with Gasteiger partial charge in [0.15, 0.2) is 5.58 Å². The molecule has 7 nitrogen and oxygen atoms in total. The summed E-state index contributed by atoms with van der Waals surface area (Å²) in [6, 6.07) is 10.5. The molecule has 3 aromatic rings. The van der Waals surface area contributed by atoms with Crippen LogP contribution in [0, 0.1) is 0 Å². The molecule has 1 N–H and O–H groups in total. The first-order valence-corrected chi connectivity index (χ1v) is 10.8. The molecule has 1 aromatic heterocycles. The summed E-state index contributed by atoms with van der Waals surface area (Å²) in [4.78, 5) is 39.2. The third kappa shape index (κ3) is 5.68. The molecule has 0 aliphatic rings. The molecule has 0 unspecified atom stereocenters. The number of nitrogens with one attached hydrogen (secondary N) is 1. The number of hydrogen-bond donors (Lipinski definition) is 1. The van der Waals surface area contributed by atoms with Crippen molar-refractivity contribution in [3.63, 3.8) is 0 Å². The van der Waals surface area contributed by atoms with Crippen molar-refractivity contribution in [1.29, 1.82) is 0 Å². The number of carbonyl (C=O) groups is 2. The van der Waals surface area contributed by atoms with Crippen LogP contribution in [0.2, 0.25) is 10.0 Å². The maximum atomic E-state index is 12.6. The summed E-state index contributed by atoms with van der Waals surface area (Å²) in [5.41, 5.74) is -0.111. The van der Waals surface area contributed by atoms with Gasteiger partial charge in [-0.05, 0) is 55.6 Å². The van der Waals surface area contributed by atoms with E-state index in [1.54, 1.807) is 18.2 Å². The molecule has 0 aliphatic heterocycles. The number of amides is 1. The van der Waals surface area contributed by atoms with Gasteiger partial charge in [-0.1, -0.05) is 37.0 Å². The Morgan fingerprint density at radius 2 is 1.75 bits per heavy atom. The van der Waals surface area contributed by atoms with Crippen molar-refractivity contribution in [3.05, 3.63) is 74.1 Å². The highest BCUT2D eigenvalue weighted by molar-refractivity contribution is 6.38. The summed E-state index contributed by atoms with van der Waals surface area (Å²) in [6.45, 7) is 6.83. The number of fused-ring (bicyclic) bond motifs is 1. The fourth-order valence-electron chi connectivity index (χ4n) is 3.09. The van der Waals surface area contributed by atoms with Crippen molar-refractivity contribution in [1.82, 2.24) is 4.90 Å². The molecule has 1 heterocycles. The predicted molar refractivity (Wildman–Crippen MR) is 125 cm³/mol. The highest BCUT2D eigenvalue weighted by Crippen LogP contribution is 2.27. The monoisotopic (exact) mass is 476 g/mol. The van der Waals surface area contributed by atoms with E-state index in [0.29, 0.717) is 34.8 Å². The molecule has 3 rings (SSSR count). The van der Waals surface area contributed by atoms with E-state index < -0.39 is 17.5 Å². The van der Waals surface area contributed by atoms with Gasteiger partial charge in [-0.15, -0.1) is 0 Å². The Morgan fingerprint density at radius 1 is 1.06 bits per heavy atom. The van der Waals surface area contributed by atoms with E-state index >= 15 is 0 Å². The van der Waals surface area contributed by atoms with Gasteiger partial charge in [0.05, 0.1) is 10.6 Å². The average molecular weight is 477 g/mol. The lowest BCUT2D eigenvalue weighted by Gasteiger charge is -2.17. The van der Waals surface area contributed by atoms with Crippen LogP contribution in [-0.4, -0.2) is 43.0 Å². The fraction of sp³-hybridized carbons (Fsp3) is 0.261. The number of carbonyl (C=O) groups excluding carboxylic acids is 2. The summed E-state index contributed by atoms with van der Waals surface area (Å²) < 4.78 is 10.5. The number of esters is 1. The van der Waals surface area contributed by atoms with Gasteiger partial charge in [0.25, 0.3) is 5.91 Å². The van der Waals surface area contributed by atoms with E-state index in [0.717, 1.165) is 13.1 Å². The molecule has 0 atom stereocenters. The number of likely N-dealkylation sites (N-methyl/N-ethyl adjacent to an activating group) is 1. The van der Waals surface area contributed by atoms with Gasteiger partial charge in [-0.25, -0.2) is 9.59 Å². The first-order chi connectivity index (χ1) is 15.3. The molecule has 1 amide bonds. The normalized spacial score (nSPS) is 11.0. The summed E-state index contributed by atoms with van der Waals surface area (Å²) in [6.07, 6.45) is 0. The molecule has 0 saturated heterocycles. The maximum absolute atomic E-state index is 12.6. The second-order valence-corrected chi connectivity index (χ2v) is 7.79. The van der Waals surface area contributed by atoms with Crippen molar-refractivity contribution in [2.75, 3.05) is 31.6 Å². The second-order valence-electron chi connectivity index (χ2n) is 6.95. The van der Waals surface area contributed by atoms with Crippen LogP contribution in [0.1, 0.15) is 34.6 Å². The molecular formula is C23H22Cl2N2O5. The highest BCUT2D eigenvalue weighted by atomic mass is 35.5. The minimum absolute atomic E-state index is 0.154. The van der Waals surface area contributed by atoms with Crippen molar-refractivity contribution in [3.8, 4) is 0 Å². The maximum Gasteiger partial charge on any atom is 0.349 e. The Balaban J connectivity index is 1.68. The molecule has 0 fully saturated rings. The van der Waals surface area contributed by atoms with Crippen molar-refractivity contribution in [2.24, 2.45) is 0 Å². The molecule has 0 radical (unpaired) electrons. The van der Waals surface area contributed by atoms with Crippen LogP contribution < -0.4 is 10.9 Å². The molecule has 0 saturated carbocycles. The van der Waals surface area contributed by atoms with E-state index in [1.807, 2.05) is 13.8 Å². The third-order valence-electron chi connectivity index (χ3n) is 4.91. The van der Waals surface area contributed by atoms with Crippen molar-refractivity contribution >= 4 is 51.7 Å². The van der Waals surface area contributed by atoms with Crippen molar-refractivity contribution < 1.29 is 18.7 Å². The Morgan fingerprint density at radius 3 is 2.41 bits per heavy atom. The number of benzene rings is 2. The van der Waals surface area contributed by atoms with Gasteiger partial charge in [-0.2, -0.15) is 0 Å². The molecule has 9 heteroatoms. The number of anilines is 1. The van der Waals surface area contributed by atoms with Crippen LogP contribution in [0.25, 0.3) is 11.0 Å². The lowest BCUT2D eigenvalue weighted by Crippen LogP contribution is -2.27. The zero-order valence-corrected chi connectivity index (χ0v) is 19.1. The molecule has 168 valence electrons. The molecule has 0 bridgehead atoms. The lowest BCUT2D eigenvalue weighted by molar-refractivity contribution is 0.0466. The zero-order chi connectivity index (χ0) is 23.3. The van der Waals surface area contributed by atoms with Crippen molar-refractivity contribution in [2.45, 2.75) is 13.8 Å². The lowest BCUT2D eigenvalue weighted by atomic mass is 10.1. The van der Waals surface area contributed by atoms with Gasteiger partial charge in [0.1, 0.15) is 12.2 Å². The Hall–Kier alpha value is -2.87. The smallest absolute Gasteiger partial charge is 0.349 e. The Bertz CT molecular complexity index is 1190. The van der Waals surface area contributed by atoms with E-state index in [-0.39, 0.29) is 16.2 Å². The van der Waals surface area contributed by atoms with Crippen LogP contribution in [0.3, 0.4) is 0 Å². The molecule has 2 aromatic carbocycles. The number of rotatable bonds is 8. The standard InChI is InChI=1S/C23H22Cl2N2O5/c1-3-27(4-2)9-10-31-22(29)14-5-7-17(8-6-14)26-21(28)18-12-15-11-16(24)13-19(25)20(15)32-23(18)30/h5-8,11-13H,3-4,9-10H2,1-2H3,(H,26,28). The zero-order valence-electron chi connectivity index (χ0n) is 17.6. The summed E-state index contributed by atoms with van der Waals surface area (Å²) in [5.74, 6) is -1.11. The second kappa shape index (κ2) is 10.6. The Labute approximate surface area is 194 Å². The topological polar surface area (TPSA) is 88.8 Å². The fourth-order valence-corrected chi connectivity index (χ4v) is 3.64. The van der Waals surface area contributed by atoms with Gasteiger partial charge in [0.2, 0.25) is 0 Å². The molecular weight excluding hydrogens is 455 g/mol. The van der Waals surface area contributed by atoms with Gasteiger partial charge in [0, 0.05) is 22.6 Å². The predicted octanol–water partition coefficient (Wildman–Crippen LogP) is 4.85. The summed E-state index contributed by atoms with van der Waals surface area (Å²) >= 11 is 12.0. The first-order valence-electron chi connectivity index (χ1n) is 10.1. The molecule has 0 spiro atoms. The minimum atomic E-state index is -0.826. The largest absolute Gasteiger partial charge is 0.461 e. The van der Waals surface area contributed by atoms with E-state index in [9.17, 15) is 14.4 Å². The van der Waals surface area contributed by atoms with Gasteiger partial charge in [-0.3, -0.25) is 4.79 Å². The van der Waals surface area contributed by atoms with E-state index in [4.69, 9.17) is 32.4 Å². The average Bonchev–Trinajstić information content (AvgIpc) is 2.77. The van der Waals surface area contributed by atoms with E-state index in [2.05, 4.69) is 10.2 Å². The van der Waals surface area contributed by atoms with Crippen LogP contribution >= 0.6 is 23.2 Å². The van der Waals surface area contributed by atoms with Gasteiger partial charge >= 0.3 is 11.6 Å². The highest BCUT2D eigenvalue weighted by Gasteiger charge is 2.16. The van der Waals surface area contributed by atoms with Crippen LogP contribution in [-0.2, 0) is 4.74 Å². The first kappa shape index (κ1) is 23.8. The number of hydrogen-bond acceptors (Lipinski definition) is 6. The summed E-state index contributed by atoms with van der Waals surface area (Å²) in [5, 5.41) is 3.56. The SMILES string of the molecule is CCN(CC)CCOC(=O)c1ccc(NC(=O)c2cc3cc(Cl)cc(Cl)c3oc2=O)cc1. The number of nitrogens with zero attached hydrogens (tertiary/aromatic N) is 1. The number of ether oxygens (including phenoxy) is 1. The molecule has 32 heavy (non-hydrogen) atoms. The van der Waals surface area contributed by atoms with Gasteiger partial charge < -0.3 is 19.4 Å². The van der Waals surface area contributed by atoms with Crippen LogP contribution in [0.15, 0.2) is 51.7 Å².